The van der Waals surface area contributed by atoms with Crippen molar-refractivity contribution >= 4 is 5.84 Å². The van der Waals surface area contributed by atoms with Crippen molar-refractivity contribution in [2.75, 3.05) is 6.54 Å². The van der Waals surface area contributed by atoms with Gasteiger partial charge < -0.3 is 0 Å². The van der Waals surface area contributed by atoms with Crippen molar-refractivity contribution in [3.05, 3.63) is 0 Å². The van der Waals surface area contributed by atoms with Crippen LogP contribution in [0.2, 0.25) is 0 Å². The van der Waals surface area contributed by atoms with Crippen molar-refractivity contribution < 1.29 is 4.58 Å². The van der Waals surface area contributed by atoms with Crippen LogP contribution in [0.3, 0.4) is 0 Å². The molecule has 0 aromatic carbocycles. The molecule has 4 saturated carbocycles. The fourth-order valence-electron chi connectivity index (χ4n) is 5.63. The van der Waals surface area contributed by atoms with Crippen LogP contribution in [0.4, 0.5) is 0 Å². The van der Waals surface area contributed by atoms with Gasteiger partial charge in [0.1, 0.15) is 5.54 Å². The molecule has 5 rings (SSSR count). The summed E-state index contributed by atoms with van der Waals surface area (Å²) < 4.78 is 2.64. The van der Waals surface area contributed by atoms with E-state index >= 15 is 0 Å². The fraction of sp³-hybridized carbons (Fsp3) is 0.929. The van der Waals surface area contributed by atoms with E-state index in [2.05, 4.69) is 4.58 Å². The van der Waals surface area contributed by atoms with E-state index in [1.807, 2.05) is 0 Å². The van der Waals surface area contributed by atoms with Gasteiger partial charge in [-0.2, -0.15) is 0 Å². The van der Waals surface area contributed by atoms with Gasteiger partial charge in [0.05, 0.1) is 13.0 Å². The van der Waals surface area contributed by atoms with Gasteiger partial charge in [0, 0.05) is 0 Å². The van der Waals surface area contributed by atoms with Crippen molar-refractivity contribution in [2.24, 2.45) is 23.5 Å². The van der Waals surface area contributed by atoms with Gasteiger partial charge in [-0.3, -0.25) is 10.3 Å². The third-order valence-electron chi connectivity index (χ3n) is 5.74. The topological polar surface area (TPSA) is 29.0 Å². The molecule has 88 valence electrons. The molecule has 0 amide bonds. The van der Waals surface area contributed by atoms with Crippen LogP contribution in [-0.4, -0.2) is 22.5 Å². The number of hydrogen-bond donors (Lipinski definition) is 1. The lowest BCUT2D eigenvalue weighted by molar-refractivity contribution is -0.620. The average Bonchev–Trinajstić information content (AvgIpc) is 2.62. The lowest BCUT2D eigenvalue weighted by atomic mass is 9.53. The highest BCUT2D eigenvalue weighted by Gasteiger charge is 2.55. The van der Waals surface area contributed by atoms with Gasteiger partial charge in [-0.1, -0.05) is 0 Å². The largest absolute Gasteiger partial charge is 0.291 e. The second-order valence-corrected chi connectivity index (χ2v) is 6.89. The molecule has 2 nitrogen and oxygen atoms in total. The number of nitrogens with zero attached hydrogens (tertiary/aromatic N) is 1. The molecule has 4 fully saturated rings. The summed E-state index contributed by atoms with van der Waals surface area (Å²) in [5.41, 5.74) is 6.77. The number of hydrogen-bond acceptors (Lipinski definition) is 1. The van der Waals surface area contributed by atoms with Crippen molar-refractivity contribution in [1.82, 2.24) is 0 Å². The molecule has 0 spiro atoms. The summed E-state index contributed by atoms with van der Waals surface area (Å²) in [6.45, 7) is 1.25. The van der Waals surface area contributed by atoms with Crippen LogP contribution < -0.4 is 5.73 Å². The van der Waals surface area contributed by atoms with Crippen LogP contribution in [0, 0.1) is 17.8 Å². The molecule has 4 bridgehead atoms. The predicted octanol–water partition coefficient (Wildman–Crippen LogP) is 2.12. The van der Waals surface area contributed by atoms with Crippen LogP contribution in [0.25, 0.3) is 0 Å². The Labute approximate surface area is 97.9 Å². The standard InChI is InChI=1S/C14H22N2/c15-13-2-1-3-16(13)14-7-10-4-11(8-14)6-12(5-10)9-14/h10-12,15H,1-9H2/p+1. The third kappa shape index (κ3) is 1.16. The van der Waals surface area contributed by atoms with Gasteiger partial charge in [0.25, 0.3) is 0 Å². The van der Waals surface area contributed by atoms with Gasteiger partial charge in [-0.15, -0.1) is 0 Å². The zero-order valence-electron chi connectivity index (χ0n) is 10.1. The van der Waals surface area contributed by atoms with Crippen LogP contribution in [-0.2, 0) is 0 Å². The highest BCUT2D eigenvalue weighted by atomic mass is 15.2. The molecule has 16 heavy (non-hydrogen) atoms. The fourth-order valence-corrected chi connectivity index (χ4v) is 5.63. The maximum Gasteiger partial charge on any atom is 0.243 e. The molecule has 0 atom stereocenters. The number of nitrogens with two attached hydrogens (primary N) is 1. The maximum atomic E-state index is 6.24. The Kier molecular flexibility index (Phi) is 1.79. The summed E-state index contributed by atoms with van der Waals surface area (Å²) in [7, 11) is 0. The average molecular weight is 219 g/mol. The summed E-state index contributed by atoms with van der Waals surface area (Å²) >= 11 is 0. The minimum Gasteiger partial charge on any atom is -0.291 e. The van der Waals surface area contributed by atoms with Gasteiger partial charge in [0.15, 0.2) is 0 Å². The quantitative estimate of drug-likeness (QED) is 0.672. The van der Waals surface area contributed by atoms with Crippen LogP contribution in [0.15, 0.2) is 0 Å². The molecule has 0 radical (unpaired) electrons. The van der Waals surface area contributed by atoms with Gasteiger partial charge in [-0.25, -0.2) is 0 Å². The molecule has 0 unspecified atom stereocenters. The molecule has 0 saturated heterocycles. The third-order valence-corrected chi connectivity index (χ3v) is 5.74. The first-order valence-corrected chi connectivity index (χ1v) is 7.14. The van der Waals surface area contributed by atoms with E-state index in [0.717, 1.165) is 24.2 Å². The van der Waals surface area contributed by atoms with Gasteiger partial charge in [0.2, 0.25) is 5.84 Å². The van der Waals surface area contributed by atoms with E-state index in [1.165, 1.54) is 57.3 Å². The monoisotopic (exact) mass is 219 g/mol. The smallest absolute Gasteiger partial charge is 0.243 e. The molecule has 5 aliphatic rings. The first kappa shape index (κ1) is 9.49. The second kappa shape index (κ2) is 3.02. The Morgan fingerprint density at radius 3 is 2.00 bits per heavy atom. The molecule has 1 heterocycles. The number of amidine groups is 1. The Morgan fingerprint density at radius 1 is 1.00 bits per heavy atom. The van der Waals surface area contributed by atoms with E-state index in [0.29, 0.717) is 5.54 Å². The molecular formula is C14H23N2+. The maximum absolute atomic E-state index is 6.24. The van der Waals surface area contributed by atoms with Crippen molar-refractivity contribution in [2.45, 2.75) is 56.9 Å². The van der Waals surface area contributed by atoms with Gasteiger partial charge in [-0.05, 0) is 62.7 Å². The van der Waals surface area contributed by atoms with E-state index in [4.69, 9.17) is 5.73 Å². The molecule has 2 N–H and O–H groups in total. The molecule has 0 aromatic rings. The van der Waals surface area contributed by atoms with E-state index in [-0.39, 0.29) is 0 Å². The molecular weight excluding hydrogens is 196 g/mol. The van der Waals surface area contributed by atoms with E-state index in [1.54, 1.807) is 0 Å². The minimum absolute atomic E-state index is 0.523. The zero-order chi connectivity index (χ0) is 10.8. The number of rotatable bonds is 1. The molecule has 0 aromatic heterocycles. The Balaban J connectivity index is 1.74. The Bertz CT molecular complexity index is 320. The van der Waals surface area contributed by atoms with E-state index < -0.39 is 0 Å². The summed E-state index contributed by atoms with van der Waals surface area (Å²) in [5, 5.41) is 0. The summed E-state index contributed by atoms with van der Waals surface area (Å²) in [5.74, 6) is 4.33. The van der Waals surface area contributed by atoms with Crippen molar-refractivity contribution in [3.63, 3.8) is 0 Å². The van der Waals surface area contributed by atoms with Crippen LogP contribution >= 0.6 is 0 Å². The first-order chi connectivity index (χ1) is 7.75. The minimum atomic E-state index is 0.523. The first-order valence-electron chi connectivity index (χ1n) is 7.14. The highest BCUT2D eigenvalue weighted by Crippen LogP contribution is 2.57. The predicted molar refractivity (Wildman–Crippen MR) is 64.5 cm³/mol. The SMILES string of the molecule is NC1=[N+](C23CC4CC(CC(C4)C2)C3)CCC1. The highest BCUT2D eigenvalue weighted by molar-refractivity contribution is 5.76. The normalized spacial score (nSPS) is 50.4. The zero-order valence-corrected chi connectivity index (χ0v) is 10.1. The summed E-state index contributed by atoms with van der Waals surface area (Å²) in [6.07, 6.45) is 11.4. The lowest BCUT2D eigenvalue weighted by Gasteiger charge is -2.55. The molecule has 2 heteroatoms. The van der Waals surface area contributed by atoms with Crippen molar-refractivity contribution in [3.8, 4) is 0 Å². The second-order valence-electron chi connectivity index (χ2n) is 6.89. The van der Waals surface area contributed by atoms with Gasteiger partial charge >= 0.3 is 0 Å². The summed E-state index contributed by atoms with van der Waals surface area (Å²) in [6, 6.07) is 0. The molecule has 1 aliphatic heterocycles. The lowest BCUT2D eigenvalue weighted by Crippen LogP contribution is -2.57. The Morgan fingerprint density at radius 2 is 1.56 bits per heavy atom. The van der Waals surface area contributed by atoms with Crippen LogP contribution in [0.1, 0.15) is 51.4 Å². The Hall–Kier alpha value is -0.530. The van der Waals surface area contributed by atoms with Crippen LogP contribution in [0.5, 0.6) is 0 Å². The van der Waals surface area contributed by atoms with Crippen molar-refractivity contribution in [1.29, 1.82) is 0 Å². The van der Waals surface area contributed by atoms with E-state index in [9.17, 15) is 0 Å². The molecule has 4 aliphatic carbocycles. The summed E-state index contributed by atoms with van der Waals surface area (Å²) in [4.78, 5) is 0.